The van der Waals surface area contributed by atoms with Gasteiger partial charge in [-0.2, -0.15) is 5.01 Å². The zero-order valence-electron chi connectivity index (χ0n) is 22.7. The Hall–Kier alpha value is -4.75. The van der Waals surface area contributed by atoms with Crippen LogP contribution in [0.1, 0.15) is 29.8 Å². The summed E-state index contributed by atoms with van der Waals surface area (Å²) in [6.07, 6.45) is 1.59. The maximum atomic E-state index is 13.2. The second kappa shape index (κ2) is 13.7. The van der Waals surface area contributed by atoms with Crippen molar-refractivity contribution in [2.24, 2.45) is 0 Å². The number of thioether (sulfide) groups is 1. The highest BCUT2D eigenvalue weighted by Crippen LogP contribution is 2.35. The van der Waals surface area contributed by atoms with Gasteiger partial charge in [0.15, 0.2) is 10.9 Å². The van der Waals surface area contributed by atoms with Crippen molar-refractivity contribution in [1.29, 1.82) is 0 Å². The molecule has 0 saturated carbocycles. The average Bonchev–Trinajstić information content (AvgIpc) is 3.25. The Morgan fingerprint density at radius 1 is 1.07 bits per heavy atom. The second-order valence-corrected chi connectivity index (χ2v) is 10.5. The number of anilines is 2. The summed E-state index contributed by atoms with van der Waals surface area (Å²) in [7, 11) is 0. The van der Waals surface area contributed by atoms with Crippen LogP contribution in [-0.2, 0) is 9.59 Å². The van der Waals surface area contributed by atoms with Crippen LogP contribution in [-0.4, -0.2) is 51.7 Å². The zero-order chi connectivity index (χ0) is 30.2. The van der Waals surface area contributed by atoms with Gasteiger partial charge >= 0.3 is 0 Å². The number of nitro benzene ring substituents is 1. The van der Waals surface area contributed by atoms with Crippen LogP contribution < -0.4 is 20.4 Å². The molecule has 1 saturated heterocycles. The van der Waals surface area contributed by atoms with Gasteiger partial charge in [-0.3, -0.25) is 29.9 Å². The summed E-state index contributed by atoms with van der Waals surface area (Å²) < 4.78 is 6.06. The third-order valence-corrected chi connectivity index (χ3v) is 7.46. The number of nitro groups is 1. The largest absolute Gasteiger partial charge is 0.483 e. The van der Waals surface area contributed by atoms with Crippen molar-refractivity contribution < 1.29 is 24.0 Å². The molecule has 0 spiro atoms. The minimum Gasteiger partial charge on any atom is -0.483 e. The Kier molecular flexibility index (Phi) is 9.89. The summed E-state index contributed by atoms with van der Waals surface area (Å²) in [5, 5.41) is 14.7. The van der Waals surface area contributed by atoms with E-state index in [1.165, 1.54) is 24.3 Å². The Morgan fingerprint density at radius 3 is 2.50 bits per heavy atom. The van der Waals surface area contributed by atoms with Crippen LogP contribution in [0.25, 0.3) is 6.08 Å². The molecule has 1 fully saturated rings. The number of thiocarbonyl (C=S) groups is 1. The van der Waals surface area contributed by atoms with Gasteiger partial charge in [-0.25, -0.2) is 0 Å². The number of hydrogen-bond donors (Lipinski definition) is 2. The molecule has 0 radical (unpaired) electrons. The molecule has 4 rings (SSSR count). The first-order valence-corrected chi connectivity index (χ1v) is 14.1. The number of nitrogens with zero attached hydrogens (tertiary/aromatic N) is 3. The number of non-ortho nitro benzene ring substituents is 1. The lowest BCUT2D eigenvalue weighted by atomic mass is 10.1. The Morgan fingerprint density at radius 2 is 1.81 bits per heavy atom. The normalized spacial score (nSPS) is 13.7. The van der Waals surface area contributed by atoms with E-state index >= 15 is 0 Å². The zero-order valence-corrected chi connectivity index (χ0v) is 24.4. The van der Waals surface area contributed by atoms with E-state index in [1.54, 1.807) is 48.5 Å². The highest BCUT2D eigenvalue weighted by molar-refractivity contribution is 8.26. The van der Waals surface area contributed by atoms with Gasteiger partial charge in [0, 0.05) is 53.8 Å². The number of hydrazine groups is 1. The first-order valence-electron chi connectivity index (χ1n) is 12.9. The molecule has 3 aromatic carbocycles. The van der Waals surface area contributed by atoms with Gasteiger partial charge in [0.05, 0.1) is 9.83 Å². The van der Waals surface area contributed by atoms with Gasteiger partial charge in [-0.1, -0.05) is 36.0 Å². The molecule has 2 N–H and O–H groups in total. The lowest BCUT2D eigenvalue weighted by Crippen LogP contribution is -2.44. The standard InChI is InChI=1S/C29H27N5O6S2/c1-3-32(4-2)22-14-13-20(24(17-22)40-18-26(35)30-21-11-8-12-23(16-21)34(38)39)15-25-28(37)33(29(41)42-25)31-27(36)19-9-6-5-7-10-19/h5-17H,3-4,18H2,1-2H3,(H,30,35)(H,31,36)/b25-15+. The molecule has 3 amide bonds. The van der Waals surface area contributed by atoms with Gasteiger partial charge < -0.3 is 15.0 Å². The van der Waals surface area contributed by atoms with E-state index in [1.807, 2.05) is 19.9 Å². The molecule has 13 heteroatoms. The van der Waals surface area contributed by atoms with Crippen LogP contribution in [0.15, 0.2) is 77.7 Å². The summed E-state index contributed by atoms with van der Waals surface area (Å²) in [6.45, 7) is 5.11. The minimum atomic E-state index is -0.549. The molecule has 1 heterocycles. The van der Waals surface area contributed by atoms with Gasteiger partial charge in [-0.05, 0) is 62.5 Å². The number of carbonyl (C=O) groups excluding carboxylic acids is 3. The van der Waals surface area contributed by atoms with Crippen molar-refractivity contribution >= 4 is 69.2 Å². The first kappa shape index (κ1) is 30.2. The molecule has 42 heavy (non-hydrogen) atoms. The molecule has 0 aromatic heterocycles. The first-order chi connectivity index (χ1) is 20.2. The highest BCUT2D eigenvalue weighted by atomic mass is 32.2. The third-order valence-electron chi connectivity index (χ3n) is 6.15. The number of benzene rings is 3. The fourth-order valence-corrected chi connectivity index (χ4v) is 5.22. The Labute approximate surface area is 251 Å². The van der Waals surface area contributed by atoms with Crippen LogP contribution in [0.5, 0.6) is 5.75 Å². The maximum absolute atomic E-state index is 13.2. The van der Waals surface area contributed by atoms with E-state index in [2.05, 4.69) is 15.6 Å². The molecule has 0 bridgehead atoms. The Balaban J connectivity index is 1.54. The van der Waals surface area contributed by atoms with Crippen molar-refractivity contribution in [3.05, 3.63) is 98.9 Å². The van der Waals surface area contributed by atoms with Crippen LogP contribution in [0.3, 0.4) is 0 Å². The maximum Gasteiger partial charge on any atom is 0.285 e. The van der Waals surface area contributed by atoms with E-state index in [-0.39, 0.29) is 27.2 Å². The summed E-state index contributed by atoms with van der Waals surface area (Å²) in [4.78, 5) is 51.3. The minimum absolute atomic E-state index is 0.153. The van der Waals surface area contributed by atoms with Crippen molar-refractivity contribution in [1.82, 2.24) is 10.4 Å². The smallest absolute Gasteiger partial charge is 0.285 e. The topological polar surface area (TPSA) is 134 Å². The molecular formula is C29H27N5O6S2. The summed E-state index contributed by atoms with van der Waals surface area (Å²) in [5.41, 5.74) is 4.40. The van der Waals surface area contributed by atoms with E-state index in [4.69, 9.17) is 17.0 Å². The summed E-state index contributed by atoms with van der Waals surface area (Å²) >= 11 is 6.38. The lowest BCUT2D eigenvalue weighted by Gasteiger charge is -2.22. The molecule has 11 nitrogen and oxygen atoms in total. The monoisotopic (exact) mass is 605 g/mol. The quantitative estimate of drug-likeness (QED) is 0.134. The third kappa shape index (κ3) is 7.30. The predicted molar refractivity (Wildman–Crippen MR) is 166 cm³/mol. The van der Waals surface area contributed by atoms with E-state index < -0.39 is 22.6 Å². The number of nitrogens with one attached hydrogen (secondary N) is 2. The number of amides is 3. The molecule has 0 aliphatic carbocycles. The Bertz CT molecular complexity index is 1560. The lowest BCUT2D eigenvalue weighted by molar-refractivity contribution is -0.384. The molecule has 216 valence electrons. The molecule has 0 atom stereocenters. The van der Waals surface area contributed by atoms with Gasteiger partial charge in [0.2, 0.25) is 0 Å². The van der Waals surface area contributed by atoms with Gasteiger partial charge in [0.25, 0.3) is 23.4 Å². The number of hydrogen-bond acceptors (Lipinski definition) is 9. The molecule has 1 aliphatic heterocycles. The van der Waals surface area contributed by atoms with Crippen molar-refractivity contribution in [2.45, 2.75) is 13.8 Å². The van der Waals surface area contributed by atoms with Crippen LogP contribution >= 0.6 is 24.0 Å². The molecule has 3 aromatic rings. The van der Waals surface area contributed by atoms with Crippen molar-refractivity contribution in [2.75, 3.05) is 29.9 Å². The predicted octanol–water partition coefficient (Wildman–Crippen LogP) is 5.00. The highest BCUT2D eigenvalue weighted by Gasteiger charge is 2.34. The van der Waals surface area contributed by atoms with Gasteiger partial charge in [-0.15, -0.1) is 0 Å². The second-order valence-electron chi connectivity index (χ2n) is 8.86. The fraction of sp³-hybridized carbons (Fsp3) is 0.172. The molecular weight excluding hydrogens is 578 g/mol. The summed E-state index contributed by atoms with van der Waals surface area (Å²) in [6, 6.07) is 19.5. The van der Waals surface area contributed by atoms with Crippen LogP contribution in [0.2, 0.25) is 0 Å². The van der Waals surface area contributed by atoms with E-state index in [9.17, 15) is 24.5 Å². The van der Waals surface area contributed by atoms with Crippen molar-refractivity contribution in [3.8, 4) is 5.75 Å². The van der Waals surface area contributed by atoms with Crippen LogP contribution in [0, 0.1) is 10.1 Å². The molecule has 0 unspecified atom stereocenters. The average molecular weight is 606 g/mol. The van der Waals surface area contributed by atoms with Crippen molar-refractivity contribution in [3.63, 3.8) is 0 Å². The van der Waals surface area contributed by atoms with E-state index in [0.717, 1.165) is 35.5 Å². The molecule has 1 aliphatic rings. The summed E-state index contributed by atoms with van der Waals surface area (Å²) in [5.74, 6) is -1.16. The fourth-order valence-electron chi connectivity index (χ4n) is 4.05. The van der Waals surface area contributed by atoms with E-state index in [0.29, 0.717) is 16.9 Å². The SMILES string of the molecule is CCN(CC)c1ccc(/C=C2/SC(=S)N(NC(=O)c3ccccc3)C2=O)c(OCC(=O)Nc2cccc([N+](=O)[O-])c2)c1. The number of carbonyl (C=O) groups is 3. The van der Waals surface area contributed by atoms with Gasteiger partial charge in [0.1, 0.15) is 5.75 Å². The van der Waals surface area contributed by atoms with Crippen LogP contribution in [0.4, 0.5) is 17.1 Å². The number of rotatable bonds is 11. The number of ether oxygens (including phenoxy) is 1.